The third kappa shape index (κ3) is 4.66. The van der Waals surface area contributed by atoms with Crippen LogP contribution in [-0.2, 0) is 11.8 Å². The first-order valence-electron chi connectivity index (χ1n) is 6.82. The molecule has 21 heavy (non-hydrogen) atoms. The van der Waals surface area contributed by atoms with Gasteiger partial charge in [-0.25, -0.2) is 0 Å². The van der Waals surface area contributed by atoms with Crippen molar-refractivity contribution in [2.75, 3.05) is 6.61 Å². The van der Waals surface area contributed by atoms with Crippen molar-refractivity contribution in [1.82, 2.24) is 0 Å². The summed E-state index contributed by atoms with van der Waals surface area (Å²) < 4.78 is 43.0. The minimum Gasteiger partial charge on any atom is -0.492 e. The molecule has 5 heteroatoms. The predicted octanol–water partition coefficient (Wildman–Crippen LogP) is 4.63. The molecule has 0 aromatic heterocycles. The fourth-order valence-corrected chi connectivity index (χ4v) is 1.89. The second kappa shape index (κ2) is 6.38. The van der Waals surface area contributed by atoms with Gasteiger partial charge in [0.05, 0.1) is 6.07 Å². The summed E-state index contributed by atoms with van der Waals surface area (Å²) >= 11 is 0. The standard InChI is InChI=1S/C16H20F3NO/c1-5-11-6-7-14(13(8-11)15(2,3)4)21-10-12(9-20)16(17,18)19/h6-8,12H,5,10H2,1-4H3. The van der Waals surface area contributed by atoms with Crippen molar-refractivity contribution >= 4 is 0 Å². The Morgan fingerprint density at radius 1 is 1.24 bits per heavy atom. The van der Waals surface area contributed by atoms with Gasteiger partial charge in [0, 0.05) is 0 Å². The molecular weight excluding hydrogens is 279 g/mol. The average molecular weight is 299 g/mol. The van der Waals surface area contributed by atoms with Crippen LogP contribution in [0.5, 0.6) is 5.75 Å². The summed E-state index contributed by atoms with van der Waals surface area (Å²) in [4.78, 5) is 0. The van der Waals surface area contributed by atoms with Crippen molar-refractivity contribution in [1.29, 1.82) is 5.26 Å². The maximum Gasteiger partial charge on any atom is 0.407 e. The van der Waals surface area contributed by atoms with Crippen molar-refractivity contribution in [2.24, 2.45) is 5.92 Å². The number of ether oxygens (including phenoxy) is 1. The zero-order valence-electron chi connectivity index (χ0n) is 12.7. The van der Waals surface area contributed by atoms with Gasteiger partial charge >= 0.3 is 6.18 Å². The fourth-order valence-electron chi connectivity index (χ4n) is 1.89. The van der Waals surface area contributed by atoms with Crippen LogP contribution in [-0.4, -0.2) is 12.8 Å². The minimum absolute atomic E-state index is 0.249. The maximum absolute atomic E-state index is 12.6. The highest BCUT2D eigenvalue weighted by molar-refractivity contribution is 5.41. The van der Waals surface area contributed by atoms with E-state index in [4.69, 9.17) is 10.00 Å². The van der Waals surface area contributed by atoms with Gasteiger partial charge < -0.3 is 4.74 Å². The van der Waals surface area contributed by atoms with E-state index in [-0.39, 0.29) is 5.41 Å². The van der Waals surface area contributed by atoms with Gasteiger partial charge in [0.15, 0.2) is 5.92 Å². The number of hydrogen-bond acceptors (Lipinski definition) is 2. The molecule has 0 saturated heterocycles. The zero-order valence-corrected chi connectivity index (χ0v) is 12.7. The quantitative estimate of drug-likeness (QED) is 0.812. The van der Waals surface area contributed by atoms with Crippen LogP contribution < -0.4 is 4.74 Å². The van der Waals surface area contributed by atoms with Gasteiger partial charge in [0.2, 0.25) is 0 Å². The second-order valence-corrected chi connectivity index (χ2v) is 5.97. The van der Waals surface area contributed by atoms with Gasteiger partial charge in [-0.2, -0.15) is 18.4 Å². The van der Waals surface area contributed by atoms with E-state index in [1.54, 1.807) is 6.07 Å². The average Bonchev–Trinajstić information content (AvgIpc) is 2.36. The molecular formula is C16H20F3NO. The Balaban J connectivity index is 3.01. The first kappa shape index (κ1) is 17.4. The lowest BCUT2D eigenvalue weighted by atomic mass is 9.85. The number of halogens is 3. The van der Waals surface area contributed by atoms with Gasteiger partial charge in [-0.15, -0.1) is 0 Å². The van der Waals surface area contributed by atoms with Crippen molar-refractivity contribution < 1.29 is 17.9 Å². The van der Waals surface area contributed by atoms with Gasteiger partial charge in [-0.1, -0.05) is 39.8 Å². The monoisotopic (exact) mass is 299 g/mol. The molecule has 1 aromatic carbocycles. The van der Waals surface area contributed by atoms with E-state index in [1.165, 1.54) is 6.07 Å². The molecule has 1 unspecified atom stereocenters. The number of nitrogens with zero attached hydrogens (tertiary/aromatic N) is 1. The molecule has 1 atom stereocenters. The van der Waals surface area contributed by atoms with Crippen LogP contribution in [0, 0.1) is 17.2 Å². The summed E-state index contributed by atoms with van der Waals surface area (Å²) in [7, 11) is 0. The Kier molecular flexibility index (Phi) is 5.27. The largest absolute Gasteiger partial charge is 0.492 e. The third-order valence-corrected chi connectivity index (χ3v) is 3.22. The lowest BCUT2D eigenvalue weighted by Crippen LogP contribution is -2.28. The van der Waals surface area contributed by atoms with Crippen LogP contribution >= 0.6 is 0 Å². The van der Waals surface area contributed by atoms with Crippen LogP contribution in [0.2, 0.25) is 0 Å². The van der Waals surface area contributed by atoms with E-state index >= 15 is 0 Å². The molecule has 0 fully saturated rings. The molecule has 0 spiro atoms. The van der Waals surface area contributed by atoms with Crippen molar-refractivity contribution in [3.63, 3.8) is 0 Å². The van der Waals surface area contributed by atoms with Crippen LogP contribution in [0.3, 0.4) is 0 Å². The number of rotatable bonds is 4. The summed E-state index contributed by atoms with van der Waals surface area (Å²) in [5, 5.41) is 8.60. The van der Waals surface area contributed by atoms with E-state index in [0.29, 0.717) is 5.75 Å². The Hall–Kier alpha value is -1.70. The molecule has 1 rings (SSSR count). The second-order valence-electron chi connectivity index (χ2n) is 5.97. The van der Waals surface area contributed by atoms with E-state index < -0.39 is 18.7 Å². The SMILES string of the molecule is CCc1ccc(OCC(C#N)C(F)(F)F)c(C(C)(C)C)c1. The van der Waals surface area contributed by atoms with Gasteiger partial charge in [-0.3, -0.25) is 0 Å². The number of benzene rings is 1. The number of hydrogen-bond donors (Lipinski definition) is 0. The van der Waals surface area contributed by atoms with E-state index in [2.05, 4.69) is 0 Å². The molecule has 0 amide bonds. The van der Waals surface area contributed by atoms with E-state index in [9.17, 15) is 13.2 Å². The van der Waals surface area contributed by atoms with Crippen LogP contribution in [0.15, 0.2) is 18.2 Å². The highest BCUT2D eigenvalue weighted by Crippen LogP contribution is 2.34. The highest BCUT2D eigenvalue weighted by Gasteiger charge is 2.40. The van der Waals surface area contributed by atoms with Gasteiger partial charge in [0.1, 0.15) is 12.4 Å². The van der Waals surface area contributed by atoms with Crippen molar-refractivity contribution in [2.45, 2.75) is 45.7 Å². The molecule has 0 saturated carbocycles. The zero-order chi connectivity index (χ0) is 16.3. The molecule has 1 aromatic rings. The van der Waals surface area contributed by atoms with E-state index in [0.717, 1.165) is 17.5 Å². The Labute approximate surface area is 123 Å². The molecule has 0 radical (unpaired) electrons. The first-order valence-corrected chi connectivity index (χ1v) is 6.82. The van der Waals surface area contributed by atoms with Gasteiger partial charge in [0.25, 0.3) is 0 Å². The summed E-state index contributed by atoms with van der Waals surface area (Å²) in [5.41, 5.74) is 1.70. The highest BCUT2D eigenvalue weighted by atomic mass is 19.4. The molecule has 0 aliphatic carbocycles. The fraction of sp³-hybridized carbons (Fsp3) is 0.562. The lowest BCUT2D eigenvalue weighted by molar-refractivity contribution is -0.165. The smallest absolute Gasteiger partial charge is 0.407 e. The molecule has 2 nitrogen and oxygen atoms in total. The lowest BCUT2D eigenvalue weighted by Gasteiger charge is -2.24. The molecule has 0 aliphatic heterocycles. The predicted molar refractivity (Wildman–Crippen MR) is 75.2 cm³/mol. The molecule has 0 aliphatic rings. The summed E-state index contributed by atoms with van der Waals surface area (Å²) in [5.74, 6) is -1.71. The molecule has 0 bridgehead atoms. The van der Waals surface area contributed by atoms with Gasteiger partial charge in [-0.05, 0) is 29.0 Å². The summed E-state index contributed by atoms with van der Waals surface area (Å²) in [6, 6.07) is 6.71. The summed E-state index contributed by atoms with van der Waals surface area (Å²) in [6.45, 7) is 7.24. The van der Waals surface area contributed by atoms with Crippen LogP contribution in [0.4, 0.5) is 13.2 Å². The maximum atomic E-state index is 12.6. The topological polar surface area (TPSA) is 33.0 Å². The normalized spacial score (nSPS) is 13.6. The third-order valence-electron chi connectivity index (χ3n) is 3.22. The number of nitriles is 1. The Morgan fingerprint density at radius 3 is 2.29 bits per heavy atom. The molecule has 0 heterocycles. The van der Waals surface area contributed by atoms with Crippen LogP contribution in [0.25, 0.3) is 0 Å². The molecule has 0 N–H and O–H groups in total. The first-order chi connectivity index (χ1) is 9.59. The van der Waals surface area contributed by atoms with E-state index in [1.807, 2.05) is 39.8 Å². The van der Waals surface area contributed by atoms with Crippen molar-refractivity contribution in [3.8, 4) is 11.8 Å². The molecule has 116 valence electrons. The van der Waals surface area contributed by atoms with Crippen molar-refractivity contribution in [3.05, 3.63) is 29.3 Å². The number of alkyl halides is 3. The van der Waals surface area contributed by atoms with Crippen LogP contribution in [0.1, 0.15) is 38.8 Å². The minimum atomic E-state index is -4.57. The number of aryl methyl sites for hydroxylation is 1. The summed E-state index contributed by atoms with van der Waals surface area (Å²) in [6.07, 6.45) is -3.73. The Bertz CT molecular complexity index is 524. The Morgan fingerprint density at radius 2 is 1.86 bits per heavy atom.